The summed E-state index contributed by atoms with van der Waals surface area (Å²) >= 11 is 0. The maximum atomic E-state index is 11.7. The van der Waals surface area contributed by atoms with Gasteiger partial charge in [-0.05, 0) is 31.9 Å². The van der Waals surface area contributed by atoms with Crippen molar-refractivity contribution in [3.05, 3.63) is 42.0 Å². The lowest BCUT2D eigenvalue weighted by Gasteiger charge is -2.32. The van der Waals surface area contributed by atoms with E-state index in [9.17, 15) is 4.79 Å². The number of anilines is 2. The van der Waals surface area contributed by atoms with E-state index in [-0.39, 0.29) is 11.8 Å². The van der Waals surface area contributed by atoms with Crippen molar-refractivity contribution >= 4 is 17.5 Å². The van der Waals surface area contributed by atoms with Crippen LogP contribution in [0.4, 0.5) is 11.6 Å². The smallest absolute Gasteiger partial charge is 0.219 e. The van der Waals surface area contributed by atoms with Gasteiger partial charge in [-0.15, -0.1) is 0 Å². The van der Waals surface area contributed by atoms with Crippen LogP contribution in [0, 0.1) is 6.92 Å². The number of aromatic nitrogens is 3. The third-order valence-corrected chi connectivity index (χ3v) is 4.11. The molecule has 0 unspecified atom stereocenters. The van der Waals surface area contributed by atoms with Crippen molar-refractivity contribution in [1.82, 2.24) is 19.9 Å². The number of nitrogens with one attached hydrogen (secondary N) is 1. The van der Waals surface area contributed by atoms with Gasteiger partial charge in [0.25, 0.3) is 0 Å². The van der Waals surface area contributed by atoms with Crippen molar-refractivity contribution in [3.63, 3.8) is 0 Å². The number of hydrogen-bond acceptors (Lipinski definition) is 5. The molecule has 23 heavy (non-hydrogen) atoms. The van der Waals surface area contributed by atoms with Gasteiger partial charge in [-0.25, -0.2) is 9.97 Å². The van der Waals surface area contributed by atoms with Crippen molar-refractivity contribution < 1.29 is 4.79 Å². The minimum absolute atomic E-state index is 0.119. The van der Waals surface area contributed by atoms with Crippen LogP contribution in [0.25, 0.3) is 0 Å². The number of rotatable bonds is 3. The van der Waals surface area contributed by atoms with Crippen molar-refractivity contribution in [2.45, 2.75) is 32.6 Å². The molecule has 0 aliphatic carbocycles. The molecule has 1 N–H and O–H groups in total. The van der Waals surface area contributed by atoms with E-state index >= 15 is 0 Å². The Labute approximate surface area is 136 Å². The first kappa shape index (κ1) is 15.4. The molecule has 1 aliphatic heterocycles. The predicted octanol–water partition coefficient (Wildman–Crippen LogP) is 2.65. The lowest BCUT2D eigenvalue weighted by atomic mass is 9.94. The molecule has 3 rings (SSSR count). The van der Waals surface area contributed by atoms with E-state index in [0.717, 1.165) is 42.4 Å². The second kappa shape index (κ2) is 6.73. The summed E-state index contributed by atoms with van der Waals surface area (Å²) in [6.45, 7) is 5.10. The number of carbonyl (C=O) groups is 1. The maximum absolute atomic E-state index is 11.7. The van der Waals surface area contributed by atoms with Gasteiger partial charge in [0.1, 0.15) is 5.82 Å². The predicted molar refractivity (Wildman–Crippen MR) is 88.5 cm³/mol. The summed E-state index contributed by atoms with van der Waals surface area (Å²) in [7, 11) is 0. The molecule has 2 aromatic heterocycles. The SMILES string of the molecule is CC(=O)N1CCC[C@H](c2nccnc2Nc2cccc(C)n2)C1. The fourth-order valence-corrected chi connectivity index (χ4v) is 2.96. The van der Waals surface area contributed by atoms with Crippen molar-refractivity contribution in [3.8, 4) is 0 Å². The highest BCUT2D eigenvalue weighted by atomic mass is 16.2. The van der Waals surface area contributed by atoms with Crippen molar-refractivity contribution in [2.75, 3.05) is 18.4 Å². The Bertz CT molecular complexity index is 703. The van der Waals surface area contributed by atoms with Gasteiger partial charge >= 0.3 is 0 Å². The van der Waals surface area contributed by atoms with Gasteiger partial charge in [0.05, 0.1) is 5.69 Å². The summed E-state index contributed by atoms with van der Waals surface area (Å²) in [5.41, 5.74) is 1.85. The monoisotopic (exact) mass is 311 g/mol. The normalized spacial score (nSPS) is 17.8. The van der Waals surface area contributed by atoms with Crippen LogP contribution in [0.5, 0.6) is 0 Å². The average Bonchev–Trinajstić information content (AvgIpc) is 2.55. The highest BCUT2D eigenvalue weighted by molar-refractivity contribution is 5.73. The van der Waals surface area contributed by atoms with E-state index in [1.807, 2.05) is 30.0 Å². The Morgan fingerprint density at radius 1 is 1.30 bits per heavy atom. The summed E-state index contributed by atoms with van der Waals surface area (Å²) < 4.78 is 0. The van der Waals surface area contributed by atoms with E-state index in [4.69, 9.17) is 0 Å². The number of hydrogen-bond donors (Lipinski definition) is 1. The topological polar surface area (TPSA) is 71.0 Å². The standard InChI is InChI=1S/C17H21N5O/c1-12-5-3-7-15(20-12)21-17-16(18-8-9-19-17)14-6-4-10-22(11-14)13(2)23/h3,5,7-9,14H,4,6,10-11H2,1-2H3,(H,19,20,21)/t14-/m0/s1. The largest absolute Gasteiger partial charge is 0.342 e. The molecule has 6 nitrogen and oxygen atoms in total. The molecule has 1 atom stereocenters. The number of carbonyl (C=O) groups excluding carboxylic acids is 1. The van der Waals surface area contributed by atoms with Gasteiger partial charge in [0, 0.05) is 44.0 Å². The van der Waals surface area contributed by atoms with Gasteiger partial charge in [-0.1, -0.05) is 6.07 Å². The van der Waals surface area contributed by atoms with Crippen molar-refractivity contribution in [1.29, 1.82) is 0 Å². The molecule has 6 heteroatoms. The summed E-state index contributed by atoms with van der Waals surface area (Å²) in [5.74, 6) is 1.80. The fourth-order valence-electron chi connectivity index (χ4n) is 2.96. The Morgan fingerprint density at radius 3 is 2.91 bits per heavy atom. The third kappa shape index (κ3) is 3.64. The van der Waals surface area contributed by atoms with Gasteiger partial charge in [-0.3, -0.25) is 9.78 Å². The molecule has 0 bridgehead atoms. The Kier molecular flexibility index (Phi) is 4.50. The van der Waals surface area contributed by atoms with Gasteiger partial charge < -0.3 is 10.2 Å². The molecule has 0 radical (unpaired) electrons. The van der Waals surface area contributed by atoms with E-state index in [1.165, 1.54) is 0 Å². The van der Waals surface area contributed by atoms with Crippen LogP contribution < -0.4 is 5.32 Å². The van der Waals surface area contributed by atoms with E-state index < -0.39 is 0 Å². The minimum atomic E-state index is 0.119. The molecule has 0 aromatic carbocycles. The van der Waals surface area contributed by atoms with Gasteiger partial charge in [0.15, 0.2) is 5.82 Å². The first-order valence-electron chi connectivity index (χ1n) is 7.90. The zero-order valence-electron chi connectivity index (χ0n) is 13.5. The summed E-state index contributed by atoms with van der Waals surface area (Å²) in [6.07, 6.45) is 5.38. The van der Waals surface area contributed by atoms with E-state index in [1.54, 1.807) is 19.3 Å². The third-order valence-electron chi connectivity index (χ3n) is 4.11. The summed E-state index contributed by atoms with van der Waals surface area (Å²) in [6, 6.07) is 5.82. The quantitative estimate of drug-likeness (QED) is 0.943. The molecule has 1 aliphatic rings. The minimum Gasteiger partial charge on any atom is -0.342 e. The highest BCUT2D eigenvalue weighted by Crippen LogP contribution is 2.30. The summed E-state index contributed by atoms with van der Waals surface area (Å²) in [4.78, 5) is 26.9. The van der Waals surface area contributed by atoms with E-state index in [0.29, 0.717) is 6.54 Å². The Morgan fingerprint density at radius 2 is 2.13 bits per heavy atom. The number of aryl methyl sites for hydroxylation is 1. The van der Waals surface area contributed by atoms with Crippen LogP contribution in [0.2, 0.25) is 0 Å². The average molecular weight is 311 g/mol. The molecule has 0 spiro atoms. The van der Waals surface area contributed by atoms with Gasteiger partial charge in [-0.2, -0.15) is 0 Å². The Balaban J connectivity index is 1.84. The van der Waals surface area contributed by atoms with Crippen LogP contribution in [0.3, 0.4) is 0 Å². The molecule has 3 heterocycles. The second-order valence-electron chi connectivity index (χ2n) is 5.88. The maximum Gasteiger partial charge on any atom is 0.219 e. The molecular weight excluding hydrogens is 290 g/mol. The first-order chi connectivity index (χ1) is 11.1. The molecule has 2 aromatic rings. The van der Waals surface area contributed by atoms with Gasteiger partial charge in [0.2, 0.25) is 5.91 Å². The van der Waals surface area contributed by atoms with Crippen LogP contribution in [0.15, 0.2) is 30.6 Å². The van der Waals surface area contributed by atoms with Crippen molar-refractivity contribution in [2.24, 2.45) is 0 Å². The molecular formula is C17H21N5O. The Hall–Kier alpha value is -2.50. The molecule has 1 amide bonds. The molecule has 0 saturated carbocycles. The highest BCUT2D eigenvalue weighted by Gasteiger charge is 2.26. The first-order valence-corrected chi connectivity index (χ1v) is 7.90. The second-order valence-corrected chi connectivity index (χ2v) is 5.88. The number of piperidine rings is 1. The zero-order valence-corrected chi connectivity index (χ0v) is 13.5. The molecule has 120 valence electrons. The van der Waals surface area contributed by atoms with Crippen LogP contribution in [-0.2, 0) is 4.79 Å². The fraction of sp³-hybridized carbons (Fsp3) is 0.412. The van der Waals surface area contributed by atoms with E-state index in [2.05, 4.69) is 20.3 Å². The molecule has 1 saturated heterocycles. The molecule has 1 fully saturated rings. The van der Waals surface area contributed by atoms with Crippen LogP contribution in [-0.4, -0.2) is 38.8 Å². The lowest BCUT2D eigenvalue weighted by Crippen LogP contribution is -2.38. The lowest BCUT2D eigenvalue weighted by molar-refractivity contribution is -0.130. The number of amides is 1. The number of pyridine rings is 1. The van der Waals surface area contributed by atoms with Crippen LogP contribution in [0.1, 0.15) is 37.1 Å². The number of nitrogens with zero attached hydrogens (tertiary/aromatic N) is 4. The number of likely N-dealkylation sites (tertiary alicyclic amines) is 1. The zero-order chi connectivity index (χ0) is 16.2. The van der Waals surface area contributed by atoms with Crippen LogP contribution >= 0.6 is 0 Å². The summed E-state index contributed by atoms with van der Waals surface area (Å²) in [5, 5.41) is 3.27.